The summed E-state index contributed by atoms with van der Waals surface area (Å²) in [4.78, 5) is 10.3. The fraction of sp³-hybridized carbons (Fsp3) is 0. The lowest BCUT2D eigenvalue weighted by atomic mass is 10.0. The third-order valence-electron chi connectivity index (χ3n) is 7.99. The van der Waals surface area contributed by atoms with Crippen LogP contribution in [0.3, 0.4) is 0 Å². The van der Waals surface area contributed by atoms with Gasteiger partial charge >= 0.3 is 0 Å². The molecule has 6 aromatic carbocycles. The van der Waals surface area contributed by atoms with Gasteiger partial charge in [0, 0.05) is 37.9 Å². The summed E-state index contributed by atoms with van der Waals surface area (Å²) in [5.74, 6) is 0.654. The van der Waals surface area contributed by atoms with Gasteiger partial charge in [-0.1, -0.05) is 97.1 Å². The Morgan fingerprint density at radius 3 is 2.15 bits per heavy atom. The van der Waals surface area contributed by atoms with Crippen molar-refractivity contribution in [2.24, 2.45) is 0 Å². The second kappa shape index (κ2) is 8.01. The molecule has 0 fully saturated rings. The van der Waals surface area contributed by atoms with Crippen LogP contribution in [-0.2, 0) is 0 Å². The molecule has 0 saturated carbocycles. The molecule has 4 heteroatoms. The van der Waals surface area contributed by atoms with E-state index in [1.54, 1.807) is 0 Å². The van der Waals surface area contributed by atoms with Crippen LogP contribution in [-0.4, -0.2) is 14.5 Å². The van der Waals surface area contributed by atoms with Gasteiger partial charge in [-0.3, -0.25) is 4.57 Å². The lowest BCUT2D eigenvalue weighted by Gasteiger charge is -2.11. The van der Waals surface area contributed by atoms with Gasteiger partial charge < -0.3 is 4.42 Å². The molecule has 0 bridgehead atoms. The van der Waals surface area contributed by atoms with E-state index < -0.39 is 0 Å². The number of aromatic nitrogens is 3. The third kappa shape index (κ3) is 2.96. The van der Waals surface area contributed by atoms with Gasteiger partial charge in [0.2, 0.25) is 5.95 Å². The first kappa shape index (κ1) is 21.5. The minimum atomic E-state index is 0.654. The standard InChI is InChI=1S/C36H21N3O/c1-2-11-23(12-3-1)34-27-15-6-8-16-30(27)37-36(38-34)39-31-17-9-7-14-25(31)28-21-33-29(20-32(28)39)26-19-18-22-10-4-5-13-24(22)35(26)40-33/h1-21H. The van der Waals surface area contributed by atoms with Crippen molar-refractivity contribution in [3.05, 3.63) is 127 Å². The van der Waals surface area contributed by atoms with E-state index in [1.165, 1.54) is 5.39 Å². The zero-order valence-electron chi connectivity index (χ0n) is 21.4. The van der Waals surface area contributed by atoms with Crippen LogP contribution in [0.5, 0.6) is 0 Å². The molecule has 9 aromatic rings. The molecule has 0 unspecified atom stereocenters. The number of benzene rings is 6. The van der Waals surface area contributed by atoms with Crippen molar-refractivity contribution < 1.29 is 4.42 Å². The second-order valence-electron chi connectivity index (χ2n) is 10.2. The molecule has 0 N–H and O–H groups in total. The number of nitrogens with zero attached hydrogens (tertiary/aromatic N) is 3. The summed E-state index contributed by atoms with van der Waals surface area (Å²) in [5.41, 5.74) is 6.83. The van der Waals surface area contributed by atoms with Crippen molar-refractivity contribution in [2.45, 2.75) is 0 Å². The van der Waals surface area contributed by atoms with Gasteiger partial charge in [-0.25, -0.2) is 9.97 Å². The highest BCUT2D eigenvalue weighted by molar-refractivity contribution is 6.20. The monoisotopic (exact) mass is 511 g/mol. The number of hydrogen-bond donors (Lipinski definition) is 0. The molecule has 0 aliphatic carbocycles. The van der Waals surface area contributed by atoms with E-state index in [9.17, 15) is 0 Å². The van der Waals surface area contributed by atoms with Gasteiger partial charge in [-0.15, -0.1) is 0 Å². The zero-order valence-corrected chi connectivity index (χ0v) is 21.4. The molecule has 3 heterocycles. The van der Waals surface area contributed by atoms with Crippen molar-refractivity contribution in [1.29, 1.82) is 0 Å². The van der Waals surface area contributed by atoms with Gasteiger partial charge in [0.15, 0.2) is 0 Å². The number of rotatable bonds is 2. The fourth-order valence-electron chi connectivity index (χ4n) is 6.16. The van der Waals surface area contributed by atoms with Crippen LogP contribution >= 0.6 is 0 Å². The average Bonchev–Trinajstić information content (AvgIpc) is 3.55. The predicted molar refractivity (Wildman–Crippen MR) is 164 cm³/mol. The summed E-state index contributed by atoms with van der Waals surface area (Å²) in [7, 11) is 0. The van der Waals surface area contributed by atoms with E-state index in [2.05, 4.69) is 114 Å². The highest BCUT2D eigenvalue weighted by Crippen LogP contribution is 2.40. The number of para-hydroxylation sites is 2. The van der Waals surface area contributed by atoms with Crippen molar-refractivity contribution in [1.82, 2.24) is 14.5 Å². The first-order valence-corrected chi connectivity index (χ1v) is 13.4. The molecule has 186 valence electrons. The van der Waals surface area contributed by atoms with Crippen molar-refractivity contribution in [2.75, 3.05) is 0 Å². The Hall–Kier alpha value is -5.48. The number of furan rings is 1. The van der Waals surface area contributed by atoms with Crippen LogP contribution in [0.2, 0.25) is 0 Å². The zero-order chi connectivity index (χ0) is 26.2. The van der Waals surface area contributed by atoms with Crippen LogP contribution in [0.1, 0.15) is 0 Å². The molecular weight excluding hydrogens is 490 g/mol. The van der Waals surface area contributed by atoms with E-state index in [-0.39, 0.29) is 0 Å². The smallest absolute Gasteiger partial charge is 0.235 e. The first-order valence-electron chi connectivity index (χ1n) is 13.4. The van der Waals surface area contributed by atoms with Gasteiger partial charge in [-0.05, 0) is 35.7 Å². The van der Waals surface area contributed by atoms with Crippen LogP contribution < -0.4 is 0 Å². The lowest BCUT2D eigenvalue weighted by molar-refractivity contribution is 0.673. The summed E-state index contributed by atoms with van der Waals surface area (Å²) in [6, 6.07) is 44.2. The maximum Gasteiger partial charge on any atom is 0.235 e. The summed E-state index contributed by atoms with van der Waals surface area (Å²) in [6.07, 6.45) is 0. The maximum atomic E-state index is 6.53. The molecule has 40 heavy (non-hydrogen) atoms. The number of hydrogen-bond acceptors (Lipinski definition) is 3. The van der Waals surface area contributed by atoms with E-state index in [0.717, 1.165) is 71.3 Å². The highest BCUT2D eigenvalue weighted by Gasteiger charge is 2.19. The summed E-state index contributed by atoms with van der Waals surface area (Å²) < 4.78 is 8.73. The first-order chi connectivity index (χ1) is 19.8. The van der Waals surface area contributed by atoms with Crippen LogP contribution in [0.15, 0.2) is 132 Å². The van der Waals surface area contributed by atoms with E-state index >= 15 is 0 Å². The third-order valence-corrected chi connectivity index (χ3v) is 7.99. The van der Waals surface area contributed by atoms with Crippen molar-refractivity contribution >= 4 is 65.4 Å². The SMILES string of the molecule is c1ccc(-c2nc(-n3c4ccccc4c4cc5oc6c7ccccc7ccc6c5cc43)nc3ccccc23)cc1. The Bertz CT molecular complexity index is 2430. The van der Waals surface area contributed by atoms with E-state index in [0.29, 0.717) is 5.95 Å². The molecular formula is C36H21N3O. The van der Waals surface area contributed by atoms with Crippen molar-refractivity contribution in [3.63, 3.8) is 0 Å². The predicted octanol–water partition coefficient (Wildman–Crippen LogP) is 9.45. The summed E-state index contributed by atoms with van der Waals surface area (Å²) >= 11 is 0. The van der Waals surface area contributed by atoms with E-state index in [4.69, 9.17) is 14.4 Å². The van der Waals surface area contributed by atoms with Gasteiger partial charge in [-0.2, -0.15) is 0 Å². The Morgan fingerprint density at radius 1 is 0.500 bits per heavy atom. The average molecular weight is 512 g/mol. The van der Waals surface area contributed by atoms with E-state index in [1.807, 2.05) is 18.2 Å². The van der Waals surface area contributed by atoms with Gasteiger partial charge in [0.25, 0.3) is 0 Å². The summed E-state index contributed by atoms with van der Waals surface area (Å²) in [6.45, 7) is 0. The molecule has 0 aliphatic rings. The fourth-order valence-corrected chi connectivity index (χ4v) is 6.16. The Morgan fingerprint density at radius 2 is 1.25 bits per heavy atom. The molecule has 0 aliphatic heterocycles. The quantitative estimate of drug-likeness (QED) is 0.232. The molecule has 0 saturated heterocycles. The lowest BCUT2D eigenvalue weighted by Crippen LogP contribution is -2.03. The highest BCUT2D eigenvalue weighted by atomic mass is 16.3. The van der Waals surface area contributed by atoms with Crippen LogP contribution in [0, 0.1) is 0 Å². The molecule has 4 nitrogen and oxygen atoms in total. The van der Waals surface area contributed by atoms with Crippen LogP contribution in [0.25, 0.3) is 82.6 Å². The summed E-state index contributed by atoms with van der Waals surface area (Å²) in [5, 5.41) is 7.78. The largest absolute Gasteiger partial charge is 0.455 e. The van der Waals surface area contributed by atoms with Gasteiger partial charge in [0.1, 0.15) is 11.2 Å². The van der Waals surface area contributed by atoms with Crippen molar-refractivity contribution in [3.8, 4) is 17.2 Å². The second-order valence-corrected chi connectivity index (χ2v) is 10.2. The Balaban J connectivity index is 1.41. The molecule has 0 radical (unpaired) electrons. The Labute approximate surface area is 228 Å². The Kier molecular flexibility index (Phi) is 4.30. The topological polar surface area (TPSA) is 43.9 Å². The molecule has 0 amide bonds. The van der Waals surface area contributed by atoms with Gasteiger partial charge in [0.05, 0.1) is 22.2 Å². The minimum absolute atomic E-state index is 0.654. The molecule has 3 aromatic heterocycles. The maximum absolute atomic E-state index is 6.53. The van der Waals surface area contributed by atoms with Crippen LogP contribution in [0.4, 0.5) is 0 Å². The molecule has 0 atom stereocenters. The molecule has 0 spiro atoms. The minimum Gasteiger partial charge on any atom is -0.455 e. The number of fused-ring (bicyclic) bond motifs is 9. The molecule has 9 rings (SSSR count). The normalized spacial score (nSPS) is 12.0.